The predicted octanol–water partition coefficient (Wildman–Crippen LogP) is 2.44. The maximum Gasteiger partial charge on any atom is 0.329 e. The number of carbonyl (C=O) groups excluding carboxylic acids is 1. The zero-order chi connectivity index (χ0) is 15.8. The van der Waals surface area contributed by atoms with Crippen LogP contribution in [0.5, 0.6) is 0 Å². The first kappa shape index (κ1) is 15.4. The molecule has 112 valence electrons. The van der Waals surface area contributed by atoms with Gasteiger partial charge in [0, 0.05) is 18.2 Å². The van der Waals surface area contributed by atoms with E-state index in [1.54, 1.807) is 0 Å². The first-order valence-electron chi connectivity index (χ1n) is 6.26. The average molecular weight is 357 g/mol. The van der Waals surface area contributed by atoms with E-state index in [2.05, 4.69) is 15.9 Å². The van der Waals surface area contributed by atoms with Crippen molar-refractivity contribution >= 4 is 33.5 Å². The van der Waals surface area contributed by atoms with Crippen LogP contribution in [0, 0.1) is 10.1 Å². The molecule has 0 aliphatic carbocycles. The van der Waals surface area contributed by atoms with Crippen LogP contribution in [0.4, 0.5) is 5.69 Å². The van der Waals surface area contributed by atoms with Gasteiger partial charge in [-0.25, -0.2) is 4.79 Å². The molecular weight excluding hydrogens is 344 g/mol. The third-order valence-electron chi connectivity index (χ3n) is 3.74. The molecule has 1 aromatic carbocycles. The van der Waals surface area contributed by atoms with Crippen molar-refractivity contribution < 1.29 is 19.6 Å². The summed E-state index contributed by atoms with van der Waals surface area (Å²) in [6.07, 6.45) is 0.958. The Labute approximate surface area is 128 Å². The van der Waals surface area contributed by atoms with Gasteiger partial charge in [0.15, 0.2) is 0 Å². The summed E-state index contributed by atoms with van der Waals surface area (Å²) in [7, 11) is 0. The molecule has 1 saturated heterocycles. The molecule has 1 atom stereocenters. The molecule has 7 nitrogen and oxygen atoms in total. The van der Waals surface area contributed by atoms with Crippen molar-refractivity contribution in [2.75, 3.05) is 6.54 Å². The second-order valence-electron chi connectivity index (χ2n) is 5.06. The fourth-order valence-corrected chi connectivity index (χ4v) is 2.84. The lowest BCUT2D eigenvalue weighted by molar-refractivity contribution is -0.385. The van der Waals surface area contributed by atoms with E-state index in [4.69, 9.17) is 0 Å². The molecule has 0 saturated carbocycles. The third-order valence-corrected chi connectivity index (χ3v) is 4.41. The Kier molecular flexibility index (Phi) is 3.99. The van der Waals surface area contributed by atoms with E-state index >= 15 is 0 Å². The maximum absolute atomic E-state index is 12.5. The number of hydrogen-bond donors (Lipinski definition) is 1. The van der Waals surface area contributed by atoms with Crippen LogP contribution in [0.25, 0.3) is 0 Å². The van der Waals surface area contributed by atoms with Gasteiger partial charge in [-0.1, -0.05) is 0 Å². The van der Waals surface area contributed by atoms with Crippen LogP contribution >= 0.6 is 15.9 Å². The van der Waals surface area contributed by atoms with Crippen LogP contribution in [-0.2, 0) is 4.79 Å². The van der Waals surface area contributed by atoms with Crippen molar-refractivity contribution in [1.29, 1.82) is 0 Å². The molecule has 0 spiro atoms. The average Bonchev–Trinajstić information content (AvgIpc) is 2.81. The van der Waals surface area contributed by atoms with Gasteiger partial charge in [-0.05, 0) is 47.8 Å². The van der Waals surface area contributed by atoms with Gasteiger partial charge in [0.2, 0.25) is 0 Å². The van der Waals surface area contributed by atoms with Crippen LogP contribution in [0.2, 0.25) is 0 Å². The van der Waals surface area contributed by atoms with E-state index in [0.29, 0.717) is 19.4 Å². The fourth-order valence-electron chi connectivity index (χ4n) is 2.45. The molecule has 1 aliphatic rings. The highest BCUT2D eigenvalue weighted by atomic mass is 79.9. The second kappa shape index (κ2) is 5.44. The summed E-state index contributed by atoms with van der Waals surface area (Å²) in [4.78, 5) is 35.4. The lowest BCUT2D eigenvalue weighted by Crippen LogP contribution is -2.50. The van der Waals surface area contributed by atoms with Gasteiger partial charge in [-0.15, -0.1) is 0 Å². The number of carbonyl (C=O) groups is 2. The number of halogens is 1. The zero-order valence-corrected chi connectivity index (χ0v) is 12.8. The largest absolute Gasteiger partial charge is 0.480 e. The molecule has 21 heavy (non-hydrogen) atoms. The summed E-state index contributed by atoms with van der Waals surface area (Å²) in [5.74, 6) is -1.58. The van der Waals surface area contributed by atoms with Gasteiger partial charge in [0.05, 0.1) is 9.40 Å². The van der Waals surface area contributed by atoms with Gasteiger partial charge in [0.1, 0.15) is 5.54 Å². The van der Waals surface area contributed by atoms with E-state index in [1.807, 2.05) is 0 Å². The molecule has 1 amide bonds. The number of likely N-dealkylation sites (tertiary alicyclic amines) is 1. The minimum atomic E-state index is -1.26. The minimum absolute atomic E-state index is 0.110. The standard InChI is InChI=1S/C13H13BrN2O5/c1-13(12(18)19)5-2-6-15(13)11(17)8-3-4-9(14)10(7-8)16(20)21/h3-4,7H,2,5-6H2,1H3,(H,18,19). The lowest BCUT2D eigenvalue weighted by atomic mass is 9.98. The van der Waals surface area contributed by atoms with Crippen LogP contribution in [0.1, 0.15) is 30.1 Å². The first-order chi connectivity index (χ1) is 9.77. The monoisotopic (exact) mass is 356 g/mol. The molecule has 1 fully saturated rings. The normalized spacial score (nSPS) is 21.3. The number of rotatable bonds is 3. The molecule has 1 unspecified atom stereocenters. The van der Waals surface area contributed by atoms with Crippen LogP contribution in [0.3, 0.4) is 0 Å². The molecule has 0 aromatic heterocycles. The highest BCUT2D eigenvalue weighted by molar-refractivity contribution is 9.10. The molecule has 8 heteroatoms. The Morgan fingerprint density at radius 2 is 2.14 bits per heavy atom. The summed E-state index contributed by atoms with van der Waals surface area (Å²) in [6, 6.07) is 4.02. The number of nitrogens with zero attached hydrogens (tertiary/aromatic N) is 2. The van der Waals surface area contributed by atoms with Gasteiger partial charge in [-0.2, -0.15) is 0 Å². The summed E-state index contributed by atoms with van der Waals surface area (Å²) < 4.78 is 0.270. The number of aliphatic carboxylic acids is 1. The molecule has 1 heterocycles. The van der Waals surface area contributed by atoms with Crippen molar-refractivity contribution in [2.45, 2.75) is 25.3 Å². The van der Waals surface area contributed by atoms with Crippen molar-refractivity contribution in [3.63, 3.8) is 0 Å². The molecular formula is C13H13BrN2O5. The Hall–Kier alpha value is -1.96. The molecule has 0 radical (unpaired) electrons. The van der Waals surface area contributed by atoms with E-state index in [9.17, 15) is 24.8 Å². The van der Waals surface area contributed by atoms with E-state index in [0.717, 1.165) is 6.07 Å². The maximum atomic E-state index is 12.5. The number of hydrogen-bond acceptors (Lipinski definition) is 4. The summed E-state index contributed by atoms with van der Waals surface area (Å²) >= 11 is 3.05. The molecule has 1 aromatic rings. The van der Waals surface area contributed by atoms with Crippen LogP contribution in [0.15, 0.2) is 22.7 Å². The van der Waals surface area contributed by atoms with Crippen molar-refractivity contribution in [2.24, 2.45) is 0 Å². The van der Waals surface area contributed by atoms with Crippen molar-refractivity contribution in [1.82, 2.24) is 4.90 Å². The Balaban J connectivity index is 2.39. The van der Waals surface area contributed by atoms with Gasteiger partial charge < -0.3 is 10.0 Å². The van der Waals surface area contributed by atoms with Gasteiger partial charge in [-0.3, -0.25) is 14.9 Å². The van der Waals surface area contributed by atoms with E-state index in [1.165, 1.54) is 24.0 Å². The van der Waals surface area contributed by atoms with Crippen LogP contribution < -0.4 is 0 Å². The molecule has 1 N–H and O–H groups in total. The third kappa shape index (κ3) is 2.63. The fraction of sp³-hybridized carbons (Fsp3) is 0.385. The van der Waals surface area contributed by atoms with Crippen molar-refractivity contribution in [3.8, 4) is 0 Å². The molecule has 2 rings (SSSR count). The second-order valence-corrected chi connectivity index (χ2v) is 5.92. The topological polar surface area (TPSA) is 101 Å². The SMILES string of the molecule is CC1(C(=O)O)CCCN1C(=O)c1ccc(Br)c([N+](=O)[O-])c1. The van der Waals surface area contributed by atoms with Gasteiger partial charge in [0.25, 0.3) is 11.6 Å². The Morgan fingerprint density at radius 1 is 1.48 bits per heavy atom. The summed E-state index contributed by atoms with van der Waals surface area (Å²) in [5.41, 5.74) is -1.38. The van der Waals surface area contributed by atoms with Gasteiger partial charge >= 0.3 is 5.97 Å². The molecule has 0 bridgehead atoms. The lowest BCUT2D eigenvalue weighted by Gasteiger charge is -2.31. The Morgan fingerprint density at radius 3 is 2.71 bits per heavy atom. The first-order valence-corrected chi connectivity index (χ1v) is 7.06. The number of nitro groups is 1. The number of carboxylic acids is 1. The quantitative estimate of drug-likeness (QED) is 0.661. The van der Waals surface area contributed by atoms with Crippen LogP contribution in [-0.4, -0.2) is 38.9 Å². The molecule has 1 aliphatic heterocycles. The predicted molar refractivity (Wildman–Crippen MR) is 77.1 cm³/mol. The number of nitro benzene ring substituents is 1. The Bertz CT molecular complexity index is 633. The minimum Gasteiger partial charge on any atom is -0.480 e. The highest BCUT2D eigenvalue weighted by Crippen LogP contribution is 2.32. The van der Waals surface area contributed by atoms with E-state index < -0.39 is 22.3 Å². The number of amides is 1. The zero-order valence-electron chi connectivity index (χ0n) is 11.2. The highest BCUT2D eigenvalue weighted by Gasteiger charge is 2.46. The summed E-state index contributed by atoms with van der Waals surface area (Å²) in [6.45, 7) is 1.82. The van der Waals surface area contributed by atoms with E-state index in [-0.39, 0.29) is 15.7 Å². The number of benzene rings is 1. The smallest absolute Gasteiger partial charge is 0.329 e. The van der Waals surface area contributed by atoms with Crippen molar-refractivity contribution in [3.05, 3.63) is 38.3 Å². The summed E-state index contributed by atoms with van der Waals surface area (Å²) in [5, 5.41) is 20.2. The number of carboxylic acid groups (broad SMARTS) is 1.